The van der Waals surface area contributed by atoms with Crippen LogP contribution in [0.1, 0.15) is 5.82 Å². The van der Waals surface area contributed by atoms with E-state index < -0.39 is 0 Å². The first kappa shape index (κ1) is 15.7. The second-order valence-electron chi connectivity index (χ2n) is 4.82. The second-order valence-corrected chi connectivity index (χ2v) is 5.21. The highest BCUT2D eigenvalue weighted by Gasteiger charge is 2.07. The summed E-state index contributed by atoms with van der Waals surface area (Å²) in [7, 11) is 5.58. The van der Waals surface area contributed by atoms with Crippen LogP contribution in [0, 0.1) is 0 Å². The first-order valence-corrected chi connectivity index (χ1v) is 7.09. The van der Waals surface area contributed by atoms with Crippen LogP contribution in [0.5, 0.6) is 11.5 Å². The minimum absolute atomic E-state index is 0.612. The quantitative estimate of drug-likeness (QED) is 0.788. The van der Waals surface area contributed by atoms with E-state index in [-0.39, 0.29) is 0 Å². The lowest BCUT2D eigenvalue weighted by Gasteiger charge is -2.16. The number of ether oxygens (including phenoxy) is 2. The van der Waals surface area contributed by atoms with E-state index in [1.807, 2.05) is 42.9 Å². The normalized spacial score (nSPS) is 10.9. The smallest absolute Gasteiger partial charge is 0.128 e. The van der Waals surface area contributed by atoms with Gasteiger partial charge in [0.05, 0.1) is 19.9 Å². The average Bonchev–Trinajstić information content (AvgIpc) is 2.80. The zero-order chi connectivity index (χ0) is 15.2. The third kappa shape index (κ3) is 4.37. The summed E-state index contributed by atoms with van der Waals surface area (Å²) in [5, 5.41) is 0.646. The summed E-state index contributed by atoms with van der Waals surface area (Å²) >= 11 is 5.97. The zero-order valence-corrected chi connectivity index (χ0v) is 13.3. The molecule has 5 nitrogen and oxygen atoms in total. The fourth-order valence-corrected chi connectivity index (χ4v) is 2.03. The van der Waals surface area contributed by atoms with Crippen LogP contribution in [-0.4, -0.2) is 41.8 Å². The van der Waals surface area contributed by atoms with Gasteiger partial charge in [-0.2, -0.15) is 0 Å². The topological polar surface area (TPSA) is 39.5 Å². The molecule has 114 valence electrons. The molecule has 0 saturated carbocycles. The lowest BCUT2D eigenvalue weighted by atomic mass is 10.3. The molecule has 1 aromatic heterocycles. The maximum absolute atomic E-state index is 5.97. The van der Waals surface area contributed by atoms with Crippen LogP contribution in [-0.2, 0) is 13.6 Å². The monoisotopic (exact) mass is 309 g/mol. The fourth-order valence-electron chi connectivity index (χ4n) is 1.88. The van der Waals surface area contributed by atoms with Crippen LogP contribution in [0.4, 0.5) is 0 Å². The number of methoxy groups -OCH3 is 1. The van der Waals surface area contributed by atoms with Crippen molar-refractivity contribution in [1.29, 1.82) is 0 Å². The highest BCUT2D eigenvalue weighted by Crippen LogP contribution is 2.17. The Morgan fingerprint density at radius 1 is 1.24 bits per heavy atom. The van der Waals surface area contributed by atoms with Crippen molar-refractivity contribution in [3.63, 3.8) is 0 Å². The lowest BCUT2D eigenvalue weighted by molar-refractivity contribution is 0.228. The van der Waals surface area contributed by atoms with Crippen molar-refractivity contribution in [2.45, 2.75) is 6.54 Å². The van der Waals surface area contributed by atoms with Gasteiger partial charge in [-0.3, -0.25) is 4.90 Å². The van der Waals surface area contributed by atoms with Crippen molar-refractivity contribution >= 4 is 11.6 Å². The summed E-state index contributed by atoms with van der Waals surface area (Å²) < 4.78 is 12.7. The van der Waals surface area contributed by atoms with Crippen LogP contribution in [0.3, 0.4) is 0 Å². The molecule has 0 aliphatic heterocycles. The van der Waals surface area contributed by atoms with E-state index in [0.29, 0.717) is 11.8 Å². The maximum Gasteiger partial charge on any atom is 0.128 e. The van der Waals surface area contributed by atoms with E-state index in [9.17, 15) is 0 Å². The molecule has 0 aliphatic rings. The summed E-state index contributed by atoms with van der Waals surface area (Å²) in [6.07, 6.45) is 1.67. The van der Waals surface area contributed by atoms with Gasteiger partial charge in [0.25, 0.3) is 0 Å². The first-order valence-electron chi connectivity index (χ1n) is 6.71. The number of likely N-dealkylation sites (N-methyl/N-ethyl adjacent to an activating group) is 1. The van der Waals surface area contributed by atoms with Gasteiger partial charge >= 0.3 is 0 Å². The van der Waals surface area contributed by atoms with Gasteiger partial charge in [0.1, 0.15) is 29.1 Å². The van der Waals surface area contributed by atoms with E-state index in [1.54, 1.807) is 13.3 Å². The van der Waals surface area contributed by atoms with Gasteiger partial charge in [0.15, 0.2) is 0 Å². The Kier molecular flexibility index (Phi) is 5.47. The van der Waals surface area contributed by atoms with E-state index in [2.05, 4.69) is 9.88 Å². The van der Waals surface area contributed by atoms with E-state index in [1.165, 1.54) is 0 Å². The Balaban J connectivity index is 1.76. The van der Waals surface area contributed by atoms with Crippen molar-refractivity contribution in [2.24, 2.45) is 7.05 Å². The molecule has 0 atom stereocenters. The third-order valence-corrected chi connectivity index (χ3v) is 3.59. The van der Waals surface area contributed by atoms with Crippen molar-refractivity contribution in [2.75, 3.05) is 27.3 Å². The highest BCUT2D eigenvalue weighted by molar-refractivity contribution is 6.29. The third-order valence-electron chi connectivity index (χ3n) is 3.24. The molecule has 1 aromatic carbocycles. The standard InChI is InChI=1S/C15H20ClN3O2/c1-18(11-15-17-10-14(16)19(15)2)8-9-21-13-6-4-12(20-3)5-7-13/h4-7,10H,8-9,11H2,1-3H3. The van der Waals surface area contributed by atoms with Gasteiger partial charge < -0.3 is 14.0 Å². The number of rotatable bonds is 7. The maximum atomic E-state index is 5.97. The van der Waals surface area contributed by atoms with Crippen molar-refractivity contribution in [3.8, 4) is 11.5 Å². The van der Waals surface area contributed by atoms with Crippen LogP contribution in [0.15, 0.2) is 30.5 Å². The summed E-state index contributed by atoms with van der Waals surface area (Å²) in [6, 6.07) is 7.57. The average molecular weight is 310 g/mol. The number of benzene rings is 1. The summed E-state index contributed by atoms with van der Waals surface area (Å²) in [6.45, 7) is 2.15. The van der Waals surface area contributed by atoms with Crippen LogP contribution >= 0.6 is 11.6 Å². The molecule has 2 aromatic rings. The van der Waals surface area contributed by atoms with E-state index >= 15 is 0 Å². The molecule has 6 heteroatoms. The summed E-state index contributed by atoms with van der Waals surface area (Å²) in [4.78, 5) is 6.42. The molecule has 0 fully saturated rings. The predicted molar refractivity (Wildman–Crippen MR) is 83.0 cm³/mol. The largest absolute Gasteiger partial charge is 0.497 e. The Morgan fingerprint density at radius 3 is 2.48 bits per heavy atom. The van der Waals surface area contributed by atoms with Crippen molar-refractivity contribution in [3.05, 3.63) is 41.4 Å². The van der Waals surface area contributed by atoms with Crippen molar-refractivity contribution in [1.82, 2.24) is 14.5 Å². The number of hydrogen-bond donors (Lipinski definition) is 0. The van der Waals surface area contributed by atoms with Crippen LogP contribution in [0.25, 0.3) is 0 Å². The molecule has 0 saturated heterocycles. The molecule has 0 radical (unpaired) electrons. The molecule has 0 spiro atoms. The molecule has 0 unspecified atom stereocenters. The van der Waals surface area contributed by atoms with Gasteiger partial charge in [-0.05, 0) is 31.3 Å². The Hall–Kier alpha value is -1.72. The SMILES string of the molecule is COc1ccc(OCCN(C)Cc2ncc(Cl)n2C)cc1. The Bertz CT molecular complexity index is 569. The summed E-state index contributed by atoms with van der Waals surface area (Å²) in [5.41, 5.74) is 0. The molecule has 2 rings (SSSR count). The fraction of sp³-hybridized carbons (Fsp3) is 0.400. The van der Waals surface area contributed by atoms with Crippen LogP contribution < -0.4 is 9.47 Å². The molecule has 0 bridgehead atoms. The Morgan fingerprint density at radius 2 is 1.90 bits per heavy atom. The number of halogens is 1. The summed E-state index contributed by atoms with van der Waals surface area (Å²) in [5.74, 6) is 2.60. The highest BCUT2D eigenvalue weighted by atomic mass is 35.5. The van der Waals surface area contributed by atoms with Gasteiger partial charge in [0.2, 0.25) is 0 Å². The molecular weight excluding hydrogens is 290 g/mol. The second kappa shape index (κ2) is 7.33. The number of aromatic nitrogens is 2. The minimum Gasteiger partial charge on any atom is -0.497 e. The van der Waals surface area contributed by atoms with E-state index in [4.69, 9.17) is 21.1 Å². The molecule has 0 aliphatic carbocycles. The number of hydrogen-bond acceptors (Lipinski definition) is 4. The Labute approximate surface area is 130 Å². The van der Waals surface area contributed by atoms with E-state index in [0.717, 1.165) is 30.4 Å². The lowest BCUT2D eigenvalue weighted by Crippen LogP contribution is -2.25. The molecular formula is C15H20ClN3O2. The minimum atomic E-state index is 0.612. The predicted octanol–water partition coefficient (Wildman–Crippen LogP) is 2.59. The van der Waals surface area contributed by atoms with Crippen molar-refractivity contribution < 1.29 is 9.47 Å². The molecule has 1 heterocycles. The number of imidazole rings is 1. The zero-order valence-electron chi connectivity index (χ0n) is 12.5. The van der Waals surface area contributed by atoms with Gasteiger partial charge in [-0.25, -0.2) is 4.98 Å². The molecule has 0 N–H and O–H groups in total. The molecule has 21 heavy (non-hydrogen) atoms. The van der Waals surface area contributed by atoms with Gasteiger partial charge in [-0.15, -0.1) is 0 Å². The molecule has 0 amide bonds. The van der Waals surface area contributed by atoms with Gasteiger partial charge in [-0.1, -0.05) is 11.6 Å². The first-order chi connectivity index (χ1) is 10.1. The number of nitrogens with zero attached hydrogens (tertiary/aromatic N) is 3. The van der Waals surface area contributed by atoms with Gasteiger partial charge in [0, 0.05) is 13.6 Å². The van der Waals surface area contributed by atoms with Crippen LogP contribution in [0.2, 0.25) is 5.15 Å².